The molecule has 0 aliphatic heterocycles. The number of carboxylic acid groups (broad SMARTS) is 1. The quantitative estimate of drug-likeness (QED) is 0.754. The number of carboxylic acids is 1. The van der Waals surface area contributed by atoms with E-state index in [0.717, 1.165) is 6.42 Å². The summed E-state index contributed by atoms with van der Waals surface area (Å²) in [4.78, 5) is 15.2. The Kier molecular flexibility index (Phi) is 5.91. The van der Waals surface area contributed by atoms with Crippen LogP contribution in [0.2, 0.25) is 0 Å². The number of aromatic nitrogens is 2. The smallest absolute Gasteiger partial charge is 0.322 e. The standard InChI is InChI=1S/C13H23N3O4S/c1-5-7-16-8-11(14-10(16)4)21(19,20)15-12(13(17)18)9(3)6-2/h8-9,12,15H,5-7H2,1-4H3,(H,17,18)/t9-,12-/m0/s1. The van der Waals surface area contributed by atoms with Crippen LogP contribution < -0.4 is 4.72 Å². The summed E-state index contributed by atoms with van der Waals surface area (Å²) >= 11 is 0. The number of hydrogen-bond donors (Lipinski definition) is 2. The first kappa shape index (κ1) is 17.6. The fourth-order valence-electron chi connectivity index (χ4n) is 1.95. The maximum Gasteiger partial charge on any atom is 0.322 e. The molecule has 2 N–H and O–H groups in total. The van der Waals surface area contributed by atoms with Crippen LogP contribution >= 0.6 is 0 Å². The summed E-state index contributed by atoms with van der Waals surface area (Å²) in [7, 11) is -3.94. The molecule has 0 saturated carbocycles. The van der Waals surface area contributed by atoms with Crippen LogP contribution in [0.25, 0.3) is 0 Å². The van der Waals surface area contributed by atoms with Crippen LogP contribution in [0.5, 0.6) is 0 Å². The molecule has 0 unspecified atom stereocenters. The van der Waals surface area contributed by atoms with E-state index in [4.69, 9.17) is 0 Å². The molecule has 0 fully saturated rings. The van der Waals surface area contributed by atoms with Gasteiger partial charge in [-0.05, 0) is 19.3 Å². The molecular formula is C13H23N3O4S. The number of nitrogens with zero attached hydrogens (tertiary/aromatic N) is 2. The van der Waals surface area contributed by atoms with Crippen LogP contribution in [-0.2, 0) is 21.4 Å². The zero-order chi connectivity index (χ0) is 16.2. The molecule has 1 rings (SSSR count). The van der Waals surface area contributed by atoms with Crippen molar-refractivity contribution in [1.29, 1.82) is 0 Å². The van der Waals surface area contributed by atoms with Gasteiger partial charge in [-0.2, -0.15) is 4.72 Å². The summed E-state index contributed by atoms with van der Waals surface area (Å²) in [5, 5.41) is 9.04. The van der Waals surface area contributed by atoms with Crippen molar-refractivity contribution in [3.8, 4) is 0 Å². The number of hydrogen-bond acceptors (Lipinski definition) is 4. The molecule has 7 nitrogen and oxygen atoms in total. The van der Waals surface area contributed by atoms with Crippen LogP contribution in [0.3, 0.4) is 0 Å². The first-order valence-electron chi connectivity index (χ1n) is 7.01. The summed E-state index contributed by atoms with van der Waals surface area (Å²) in [5.74, 6) is -0.902. The van der Waals surface area contributed by atoms with Gasteiger partial charge >= 0.3 is 5.97 Å². The molecular weight excluding hydrogens is 294 g/mol. The third-order valence-electron chi connectivity index (χ3n) is 3.45. The minimum atomic E-state index is -3.94. The van der Waals surface area contributed by atoms with E-state index in [0.29, 0.717) is 18.8 Å². The highest BCUT2D eigenvalue weighted by Gasteiger charge is 2.30. The van der Waals surface area contributed by atoms with Gasteiger partial charge in [-0.1, -0.05) is 27.2 Å². The number of aliphatic carboxylic acids is 1. The molecule has 0 spiro atoms. The summed E-state index contributed by atoms with van der Waals surface area (Å²) in [6, 6.07) is -1.16. The molecule has 120 valence electrons. The van der Waals surface area contributed by atoms with Crippen molar-refractivity contribution in [3.05, 3.63) is 12.0 Å². The Hall–Kier alpha value is -1.41. The van der Waals surface area contributed by atoms with E-state index in [9.17, 15) is 18.3 Å². The van der Waals surface area contributed by atoms with Crippen LogP contribution in [-0.4, -0.2) is 35.1 Å². The monoisotopic (exact) mass is 317 g/mol. The molecule has 0 radical (unpaired) electrons. The average Bonchev–Trinajstić information content (AvgIpc) is 2.78. The lowest BCUT2D eigenvalue weighted by molar-refractivity contribution is -0.140. The van der Waals surface area contributed by atoms with Gasteiger partial charge in [-0.15, -0.1) is 0 Å². The Morgan fingerprint density at radius 1 is 1.48 bits per heavy atom. The summed E-state index contributed by atoms with van der Waals surface area (Å²) in [5.41, 5.74) is 0. The van der Waals surface area contributed by atoms with Crippen molar-refractivity contribution in [2.24, 2.45) is 5.92 Å². The number of imidazole rings is 1. The fourth-order valence-corrected chi connectivity index (χ4v) is 3.26. The predicted molar refractivity (Wildman–Crippen MR) is 78.5 cm³/mol. The topological polar surface area (TPSA) is 101 Å². The normalized spacial score (nSPS) is 14.9. The summed E-state index contributed by atoms with van der Waals surface area (Å²) < 4.78 is 28.6. The van der Waals surface area contributed by atoms with Crippen molar-refractivity contribution in [1.82, 2.24) is 14.3 Å². The lowest BCUT2D eigenvalue weighted by Gasteiger charge is -2.19. The highest BCUT2D eigenvalue weighted by Crippen LogP contribution is 2.14. The SMILES string of the molecule is CCCn1cc(S(=O)(=O)N[C@H](C(=O)O)[C@@H](C)CC)nc1C. The third-order valence-corrected chi connectivity index (χ3v) is 4.77. The Morgan fingerprint density at radius 2 is 2.10 bits per heavy atom. The van der Waals surface area contributed by atoms with E-state index in [-0.39, 0.29) is 10.9 Å². The first-order chi connectivity index (χ1) is 9.72. The maximum absolute atomic E-state index is 12.3. The van der Waals surface area contributed by atoms with Gasteiger partial charge in [0, 0.05) is 12.7 Å². The van der Waals surface area contributed by atoms with E-state index < -0.39 is 22.0 Å². The van der Waals surface area contributed by atoms with E-state index in [2.05, 4.69) is 9.71 Å². The van der Waals surface area contributed by atoms with Crippen molar-refractivity contribution in [2.75, 3.05) is 0 Å². The van der Waals surface area contributed by atoms with Crippen LogP contribution in [0.4, 0.5) is 0 Å². The van der Waals surface area contributed by atoms with Gasteiger partial charge in [0.05, 0.1) is 0 Å². The van der Waals surface area contributed by atoms with Crippen LogP contribution in [0.15, 0.2) is 11.2 Å². The van der Waals surface area contributed by atoms with Crippen LogP contribution in [0.1, 0.15) is 39.4 Å². The predicted octanol–water partition coefficient (Wildman–Crippen LogP) is 1.38. The zero-order valence-electron chi connectivity index (χ0n) is 12.8. The highest BCUT2D eigenvalue weighted by atomic mass is 32.2. The molecule has 0 aromatic carbocycles. The zero-order valence-corrected chi connectivity index (χ0v) is 13.6. The molecule has 0 bridgehead atoms. The minimum Gasteiger partial charge on any atom is -0.480 e. The maximum atomic E-state index is 12.3. The lowest BCUT2D eigenvalue weighted by atomic mass is 10.0. The molecule has 1 aromatic heterocycles. The van der Waals surface area contributed by atoms with Gasteiger partial charge in [0.15, 0.2) is 5.03 Å². The summed E-state index contributed by atoms with van der Waals surface area (Å²) in [6.07, 6.45) is 2.86. The van der Waals surface area contributed by atoms with Gasteiger partial charge in [0.2, 0.25) is 0 Å². The molecule has 1 heterocycles. The largest absolute Gasteiger partial charge is 0.480 e. The first-order valence-corrected chi connectivity index (χ1v) is 8.50. The third kappa shape index (κ3) is 4.28. The van der Waals surface area contributed by atoms with Crippen molar-refractivity contribution in [3.63, 3.8) is 0 Å². The van der Waals surface area contributed by atoms with Crippen molar-refractivity contribution >= 4 is 16.0 Å². The number of sulfonamides is 1. The van der Waals surface area contributed by atoms with E-state index in [1.807, 2.05) is 13.8 Å². The van der Waals surface area contributed by atoms with Gasteiger partial charge in [0.1, 0.15) is 11.9 Å². The minimum absolute atomic E-state index is 0.136. The second kappa shape index (κ2) is 7.04. The average molecular weight is 317 g/mol. The Morgan fingerprint density at radius 3 is 2.57 bits per heavy atom. The summed E-state index contributed by atoms with van der Waals surface area (Å²) in [6.45, 7) is 7.88. The molecule has 0 aliphatic rings. The van der Waals surface area contributed by atoms with E-state index in [1.165, 1.54) is 6.20 Å². The van der Waals surface area contributed by atoms with Gasteiger partial charge < -0.3 is 9.67 Å². The molecule has 1 aromatic rings. The second-order valence-electron chi connectivity index (χ2n) is 5.14. The Labute approximate surface area is 125 Å². The Bertz CT molecular complexity index is 595. The molecule has 21 heavy (non-hydrogen) atoms. The van der Waals surface area contributed by atoms with Gasteiger partial charge in [-0.3, -0.25) is 4.79 Å². The van der Waals surface area contributed by atoms with Crippen molar-refractivity contribution in [2.45, 2.75) is 58.1 Å². The molecule has 0 aliphatic carbocycles. The second-order valence-corrected chi connectivity index (χ2v) is 6.80. The number of nitrogens with one attached hydrogen (secondary N) is 1. The fraction of sp³-hybridized carbons (Fsp3) is 0.692. The van der Waals surface area contributed by atoms with Gasteiger partial charge in [0.25, 0.3) is 10.0 Å². The number of carbonyl (C=O) groups is 1. The molecule has 2 atom stereocenters. The van der Waals surface area contributed by atoms with Crippen molar-refractivity contribution < 1.29 is 18.3 Å². The van der Waals surface area contributed by atoms with E-state index in [1.54, 1.807) is 18.4 Å². The molecule has 0 saturated heterocycles. The molecule has 8 heteroatoms. The Balaban J connectivity index is 3.05. The molecule has 0 amide bonds. The lowest BCUT2D eigenvalue weighted by Crippen LogP contribution is -2.45. The van der Waals surface area contributed by atoms with Crippen LogP contribution in [0, 0.1) is 12.8 Å². The highest BCUT2D eigenvalue weighted by molar-refractivity contribution is 7.89. The number of rotatable bonds is 8. The van der Waals surface area contributed by atoms with Gasteiger partial charge in [-0.25, -0.2) is 13.4 Å². The van der Waals surface area contributed by atoms with E-state index >= 15 is 0 Å². The number of aryl methyl sites for hydroxylation is 2.